The summed E-state index contributed by atoms with van der Waals surface area (Å²) in [7, 11) is 0. The number of halogens is 1. The molecule has 0 bridgehead atoms. The van der Waals surface area contributed by atoms with Crippen molar-refractivity contribution < 1.29 is 9.18 Å². The van der Waals surface area contributed by atoms with Crippen LogP contribution in [0, 0.1) is 5.82 Å². The van der Waals surface area contributed by atoms with E-state index in [9.17, 15) is 9.18 Å². The van der Waals surface area contributed by atoms with Gasteiger partial charge in [-0.25, -0.2) is 4.39 Å². The van der Waals surface area contributed by atoms with Crippen molar-refractivity contribution in [1.82, 2.24) is 15.8 Å². The molecular formula is C13H11FN4OS. The van der Waals surface area contributed by atoms with Crippen LogP contribution in [0.3, 0.4) is 0 Å². The van der Waals surface area contributed by atoms with E-state index in [1.165, 1.54) is 30.5 Å². The number of hydrazine groups is 1. The Morgan fingerprint density at radius 1 is 1.10 bits per heavy atom. The summed E-state index contributed by atoms with van der Waals surface area (Å²) in [5.74, 6) is -0.744. The van der Waals surface area contributed by atoms with E-state index >= 15 is 0 Å². The average Bonchev–Trinajstić information content (AvgIpc) is 2.48. The number of hydrogen-bond donors (Lipinski definition) is 3. The number of amides is 1. The molecule has 0 aliphatic rings. The van der Waals surface area contributed by atoms with E-state index in [-0.39, 0.29) is 16.6 Å². The topological polar surface area (TPSA) is 66.1 Å². The van der Waals surface area contributed by atoms with Crippen molar-refractivity contribution in [3.05, 3.63) is 60.2 Å². The lowest BCUT2D eigenvalue weighted by Crippen LogP contribution is -2.44. The molecule has 1 heterocycles. The van der Waals surface area contributed by atoms with E-state index in [4.69, 9.17) is 12.2 Å². The van der Waals surface area contributed by atoms with Gasteiger partial charge in [-0.05, 0) is 48.6 Å². The van der Waals surface area contributed by atoms with Gasteiger partial charge in [-0.1, -0.05) is 6.07 Å². The van der Waals surface area contributed by atoms with Crippen molar-refractivity contribution >= 4 is 28.9 Å². The number of nitrogens with zero attached hydrogens (tertiary/aromatic N) is 1. The summed E-state index contributed by atoms with van der Waals surface area (Å²) >= 11 is 4.99. The number of benzene rings is 1. The van der Waals surface area contributed by atoms with E-state index in [1.54, 1.807) is 18.2 Å². The van der Waals surface area contributed by atoms with Crippen LogP contribution in [0.5, 0.6) is 0 Å². The molecule has 1 aromatic heterocycles. The first-order valence-corrected chi connectivity index (χ1v) is 6.10. The van der Waals surface area contributed by atoms with Gasteiger partial charge in [0, 0.05) is 11.9 Å². The van der Waals surface area contributed by atoms with Crippen LogP contribution in [0.25, 0.3) is 0 Å². The maximum atomic E-state index is 12.7. The summed E-state index contributed by atoms with van der Waals surface area (Å²) in [5.41, 5.74) is 5.81. The highest BCUT2D eigenvalue weighted by molar-refractivity contribution is 7.80. The minimum absolute atomic E-state index is 0.181. The molecule has 0 unspecified atom stereocenters. The van der Waals surface area contributed by atoms with Gasteiger partial charge < -0.3 is 5.32 Å². The van der Waals surface area contributed by atoms with Crippen LogP contribution in [-0.4, -0.2) is 16.0 Å². The Morgan fingerprint density at radius 2 is 1.85 bits per heavy atom. The molecule has 0 aliphatic heterocycles. The normalized spacial score (nSPS) is 9.65. The smallest absolute Gasteiger partial charge is 0.288 e. The van der Waals surface area contributed by atoms with Crippen molar-refractivity contribution in [3.63, 3.8) is 0 Å². The fourth-order valence-corrected chi connectivity index (χ4v) is 1.54. The molecule has 1 amide bonds. The van der Waals surface area contributed by atoms with Crippen LogP contribution < -0.4 is 16.2 Å². The Labute approximate surface area is 120 Å². The molecule has 0 atom stereocenters. The second kappa shape index (κ2) is 6.58. The van der Waals surface area contributed by atoms with Crippen molar-refractivity contribution in [2.45, 2.75) is 0 Å². The number of pyridine rings is 1. The summed E-state index contributed by atoms with van der Waals surface area (Å²) in [5, 5.41) is 2.98. The van der Waals surface area contributed by atoms with E-state index in [0.717, 1.165) is 0 Å². The van der Waals surface area contributed by atoms with Crippen LogP contribution in [-0.2, 0) is 0 Å². The predicted octanol–water partition coefficient (Wildman–Crippen LogP) is 1.85. The molecule has 0 saturated carbocycles. The van der Waals surface area contributed by atoms with Gasteiger partial charge in [-0.2, -0.15) is 0 Å². The molecule has 0 saturated heterocycles. The van der Waals surface area contributed by atoms with Crippen LogP contribution in [0.15, 0.2) is 48.7 Å². The molecule has 102 valence electrons. The first-order chi connectivity index (χ1) is 9.65. The SMILES string of the molecule is O=C(NNC(=S)Nc1ccc(F)cc1)c1ccccn1. The minimum Gasteiger partial charge on any atom is -0.331 e. The Kier molecular flexibility index (Phi) is 4.56. The summed E-state index contributed by atoms with van der Waals surface area (Å²) < 4.78 is 12.7. The zero-order valence-electron chi connectivity index (χ0n) is 10.3. The third kappa shape index (κ3) is 3.99. The third-order valence-electron chi connectivity index (χ3n) is 2.29. The lowest BCUT2D eigenvalue weighted by molar-refractivity contribution is 0.0939. The molecule has 0 aliphatic carbocycles. The molecule has 1 aromatic carbocycles. The van der Waals surface area contributed by atoms with Crippen molar-refractivity contribution in [3.8, 4) is 0 Å². The molecule has 0 fully saturated rings. The highest BCUT2D eigenvalue weighted by Gasteiger charge is 2.06. The van der Waals surface area contributed by atoms with Crippen molar-refractivity contribution in [2.24, 2.45) is 0 Å². The first-order valence-electron chi connectivity index (χ1n) is 5.69. The summed E-state index contributed by atoms with van der Waals surface area (Å²) in [4.78, 5) is 15.6. The number of carbonyl (C=O) groups is 1. The van der Waals surface area contributed by atoms with Crippen LogP contribution in [0.2, 0.25) is 0 Å². The second-order valence-electron chi connectivity index (χ2n) is 3.76. The number of nitrogens with one attached hydrogen (secondary N) is 3. The maximum Gasteiger partial charge on any atom is 0.288 e. The second-order valence-corrected chi connectivity index (χ2v) is 4.16. The summed E-state index contributed by atoms with van der Waals surface area (Å²) in [6.07, 6.45) is 1.52. The Balaban J connectivity index is 1.83. The van der Waals surface area contributed by atoms with Crippen molar-refractivity contribution in [1.29, 1.82) is 0 Å². The fraction of sp³-hybridized carbons (Fsp3) is 0. The average molecular weight is 290 g/mol. The number of aromatic nitrogens is 1. The van der Waals surface area contributed by atoms with Gasteiger partial charge >= 0.3 is 0 Å². The predicted molar refractivity (Wildman–Crippen MR) is 77.5 cm³/mol. The number of anilines is 1. The molecule has 3 N–H and O–H groups in total. The maximum absolute atomic E-state index is 12.7. The Morgan fingerprint density at radius 3 is 2.50 bits per heavy atom. The van der Waals surface area contributed by atoms with Crippen LogP contribution in [0.1, 0.15) is 10.5 Å². The Bertz CT molecular complexity index is 604. The fourth-order valence-electron chi connectivity index (χ4n) is 1.37. The van der Waals surface area contributed by atoms with Crippen LogP contribution >= 0.6 is 12.2 Å². The lowest BCUT2D eigenvalue weighted by atomic mass is 10.3. The van der Waals surface area contributed by atoms with Gasteiger partial charge in [0.05, 0.1) is 0 Å². The largest absolute Gasteiger partial charge is 0.331 e. The van der Waals surface area contributed by atoms with Gasteiger partial charge in [0.2, 0.25) is 0 Å². The summed E-state index contributed by atoms with van der Waals surface area (Å²) in [6, 6.07) is 10.7. The first kappa shape index (κ1) is 13.9. The Hall–Kier alpha value is -2.54. The number of rotatable bonds is 2. The van der Waals surface area contributed by atoms with E-state index in [0.29, 0.717) is 5.69 Å². The zero-order valence-corrected chi connectivity index (χ0v) is 11.1. The molecule has 7 heteroatoms. The molecule has 2 aromatic rings. The van der Waals surface area contributed by atoms with Crippen LogP contribution in [0.4, 0.5) is 10.1 Å². The lowest BCUT2D eigenvalue weighted by Gasteiger charge is -2.11. The molecule has 20 heavy (non-hydrogen) atoms. The van der Waals surface area contributed by atoms with Gasteiger partial charge in [0.15, 0.2) is 5.11 Å². The molecular weight excluding hydrogens is 279 g/mol. The third-order valence-corrected chi connectivity index (χ3v) is 2.49. The molecule has 2 rings (SSSR count). The monoisotopic (exact) mass is 290 g/mol. The van der Waals surface area contributed by atoms with Gasteiger partial charge in [0.1, 0.15) is 11.5 Å². The van der Waals surface area contributed by atoms with E-state index in [2.05, 4.69) is 21.2 Å². The molecule has 5 nitrogen and oxygen atoms in total. The minimum atomic E-state index is -0.408. The van der Waals surface area contributed by atoms with Crippen molar-refractivity contribution in [2.75, 3.05) is 5.32 Å². The highest BCUT2D eigenvalue weighted by atomic mass is 32.1. The standard InChI is InChI=1S/C13H11FN4OS/c14-9-4-6-10(7-5-9)16-13(20)18-17-12(19)11-3-1-2-8-15-11/h1-8H,(H,17,19)(H2,16,18,20). The van der Waals surface area contributed by atoms with E-state index < -0.39 is 5.91 Å². The van der Waals surface area contributed by atoms with Gasteiger partial charge in [-0.15, -0.1) is 0 Å². The highest BCUT2D eigenvalue weighted by Crippen LogP contribution is 2.07. The van der Waals surface area contributed by atoms with E-state index in [1.807, 2.05) is 0 Å². The quantitative estimate of drug-likeness (QED) is 0.582. The molecule has 0 spiro atoms. The zero-order chi connectivity index (χ0) is 14.4. The number of thiocarbonyl (C=S) groups is 1. The van der Waals surface area contributed by atoms with Gasteiger partial charge in [0.25, 0.3) is 5.91 Å². The molecule has 0 radical (unpaired) electrons. The number of hydrogen-bond acceptors (Lipinski definition) is 3. The van der Waals surface area contributed by atoms with Gasteiger partial charge in [-0.3, -0.25) is 20.6 Å². The summed E-state index contributed by atoms with van der Waals surface area (Å²) in [6.45, 7) is 0. The number of carbonyl (C=O) groups excluding carboxylic acids is 1.